The molecule has 2 aromatic heterocycles. The van der Waals surface area contributed by atoms with Gasteiger partial charge in [0.1, 0.15) is 5.75 Å². The zero-order valence-electron chi connectivity index (χ0n) is 16.9. The van der Waals surface area contributed by atoms with Gasteiger partial charge in [-0.15, -0.1) is 0 Å². The van der Waals surface area contributed by atoms with Crippen LogP contribution in [0.1, 0.15) is 21.6 Å². The minimum Gasteiger partial charge on any atom is -0.497 e. The number of hydrogen-bond donors (Lipinski definition) is 1. The number of methoxy groups -OCH3 is 1. The van der Waals surface area contributed by atoms with E-state index in [1.54, 1.807) is 30.3 Å². The average Bonchev–Trinajstić information content (AvgIpc) is 3.25. The Labute approximate surface area is 175 Å². The van der Waals surface area contributed by atoms with Gasteiger partial charge in [-0.1, -0.05) is 29.8 Å². The molecule has 30 heavy (non-hydrogen) atoms. The second-order valence-corrected chi connectivity index (χ2v) is 6.93. The van der Waals surface area contributed by atoms with E-state index < -0.39 is 0 Å². The fraction of sp³-hybridized carbons (Fsp3) is 0.125. The van der Waals surface area contributed by atoms with E-state index in [9.17, 15) is 4.79 Å². The molecule has 1 N–H and O–H groups in total. The molecular weight excluding hydrogens is 376 g/mol. The summed E-state index contributed by atoms with van der Waals surface area (Å²) in [6.45, 7) is 2.48. The maximum absolute atomic E-state index is 12.8. The van der Waals surface area contributed by atoms with E-state index in [0.29, 0.717) is 12.2 Å². The third-order valence-electron chi connectivity index (χ3n) is 4.79. The third-order valence-corrected chi connectivity index (χ3v) is 4.79. The molecule has 0 fully saturated rings. The number of nitrogens with one attached hydrogen (secondary N) is 1. The summed E-state index contributed by atoms with van der Waals surface area (Å²) < 4.78 is 6.99. The number of nitrogens with zero attached hydrogens (tertiary/aromatic N) is 3. The molecule has 6 nitrogen and oxygen atoms in total. The van der Waals surface area contributed by atoms with Crippen LogP contribution in [0.15, 0.2) is 79.1 Å². The average molecular weight is 398 g/mol. The van der Waals surface area contributed by atoms with Crippen LogP contribution in [0.3, 0.4) is 0 Å². The van der Waals surface area contributed by atoms with Gasteiger partial charge in [0.05, 0.1) is 18.5 Å². The summed E-state index contributed by atoms with van der Waals surface area (Å²) in [5, 5.41) is 7.52. The summed E-state index contributed by atoms with van der Waals surface area (Å²) in [6.07, 6.45) is 3.47. The highest BCUT2D eigenvalue weighted by Gasteiger charge is 2.17. The summed E-state index contributed by atoms with van der Waals surface area (Å²) >= 11 is 0. The van der Waals surface area contributed by atoms with Gasteiger partial charge in [0.25, 0.3) is 5.91 Å². The van der Waals surface area contributed by atoms with Gasteiger partial charge in [-0.25, -0.2) is 4.68 Å². The second-order valence-electron chi connectivity index (χ2n) is 6.93. The van der Waals surface area contributed by atoms with Crippen molar-refractivity contribution in [2.45, 2.75) is 13.5 Å². The van der Waals surface area contributed by atoms with Crippen LogP contribution in [0.5, 0.6) is 5.75 Å². The zero-order valence-corrected chi connectivity index (χ0v) is 16.9. The van der Waals surface area contributed by atoms with Crippen LogP contribution in [-0.2, 0) is 6.54 Å². The van der Waals surface area contributed by atoms with Crippen LogP contribution in [0, 0.1) is 6.92 Å². The highest BCUT2D eigenvalue weighted by molar-refractivity contribution is 5.93. The van der Waals surface area contributed by atoms with Crippen molar-refractivity contribution in [1.82, 2.24) is 20.1 Å². The number of aromatic nitrogens is 3. The Morgan fingerprint density at radius 1 is 1.07 bits per heavy atom. The molecule has 0 bridgehead atoms. The molecule has 6 heteroatoms. The van der Waals surface area contributed by atoms with Gasteiger partial charge in [0.15, 0.2) is 5.69 Å². The maximum atomic E-state index is 12.8. The molecule has 0 unspecified atom stereocenters. The van der Waals surface area contributed by atoms with E-state index in [-0.39, 0.29) is 5.91 Å². The molecule has 4 aromatic rings. The Kier molecular flexibility index (Phi) is 5.57. The number of ether oxygens (including phenoxy) is 1. The smallest absolute Gasteiger partial charge is 0.272 e. The van der Waals surface area contributed by atoms with Crippen molar-refractivity contribution in [3.63, 3.8) is 0 Å². The van der Waals surface area contributed by atoms with Gasteiger partial charge in [-0.05, 0) is 55.0 Å². The van der Waals surface area contributed by atoms with Crippen LogP contribution < -0.4 is 10.1 Å². The summed E-state index contributed by atoms with van der Waals surface area (Å²) in [5.41, 5.74) is 5.05. The predicted molar refractivity (Wildman–Crippen MR) is 116 cm³/mol. The van der Waals surface area contributed by atoms with Gasteiger partial charge in [-0.2, -0.15) is 5.10 Å². The monoisotopic (exact) mass is 398 g/mol. The molecule has 0 aliphatic rings. The van der Waals surface area contributed by atoms with Crippen LogP contribution >= 0.6 is 0 Å². The van der Waals surface area contributed by atoms with E-state index in [1.807, 2.05) is 67.6 Å². The van der Waals surface area contributed by atoms with Crippen LogP contribution in [-0.4, -0.2) is 27.8 Å². The summed E-state index contributed by atoms with van der Waals surface area (Å²) in [5.74, 6) is 0.526. The number of carbonyl (C=O) groups is 1. The first kappa shape index (κ1) is 19.4. The second kappa shape index (κ2) is 8.61. The minimum atomic E-state index is -0.229. The van der Waals surface area contributed by atoms with Gasteiger partial charge in [0, 0.05) is 24.5 Å². The van der Waals surface area contributed by atoms with E-state index in [0.717, 1.165) is 28.3 Å². The summed E-state index contributed by atoms with van der Waals surface area (Å²) in [7, 11) is 1.63. The number of carbonyl (C=O) groups excluding carboxylic acids is 1. The standard InChI is InChI=1S/C24H22N4O2/c1-17-5-7-18(8-6-17)15-26-24(29)22-14-23(19-4-3-13-25-16-19)28(27-22)20-9-11-21(30-2)12-10-20/h3-14,16H,15H2,1-2H3,(H,26,29). The zero-order chi connectivity index (χ0) is 20.9. The van der Waals surface area contributed by atoms with Gasteiger partial charge in [-0.3, -0.25) is 9.78 Å². The Bertz CT molecular complexity index is 1130. The summed E-state index contributed by atoms with van der Waals surface area (Å²) in [4.78, 5) is 17.0. The molecule has 1 amide bonds. The van der Waals surface area contributed by atoms with Crippen molar-refractivity contribution in [3.05, 3.63) is 95.9 Å². The maximum Gasteiger partial charge on any atom is 0.272 e. The fourth-order valence-corrected chi connectivity index (χ4v) is 3.11. The number of benzene rings is 2. The number of pyridine rings is 1. The van der Waals surface area contributed by atoms with Gasteiger partial charge >= 0.3 is 0 Å². The van der Waals surface area contributed by atoms with Crippen molar-refractivity contribution in [2.75, 3.05) is 7.11 Å². The Balaban J connectivity index is 1.64. The lowest BCUT2D eigenvalue weighted by atomic mass is 10.1. The highest BCUT2D eigenvalue weighted by Crippen LogP contribution is 2.24. The molecule has 0 aliphatic heterocycles. The Hall–Kier alpha value is -3.93. The van der Waals surface area contributed by atoms with Crippen molar-refractivity contribution in [3.8, 4) is 22.7 Å². The predicted octanol–water partition coefficient (Wildman–Crippen LogP) is 4.18. The molecule has 0 atom stereocenters. The van der Waals surface area contributed by atoms with E-state index in [1.165, 1.54) is 5.56 Å². The van der Waals surface area contributed by atoms with E-state index >= 15 is 0 Å². The molecule has 2 heterocycles. The lowest BCUT2D eigenvalue weighted by Crippen LogP contribution is -2.23. The molecular formula is C24H22N4O2. The lowest BCUT2D eigenvalue weighted by Gasteiger charge is -2.08. The molecule has 0 spiro atoms. The minimum absolute atomic E-state index is 0.229. The SMILES string of the molecule is COc1ccc(-n2nc(C(=O)NCc3ccc(C)cc3)cc2-c2cccnc2)cc1. The van der Waals surface area contributed by atoms with Gasteiger partial charge < -0.3 is 10.1 Å². The molecule has 2 aromatic carbocycles. The number of hydrogen-bond acceptors (Lipinski definition) is 4. The molecule has 0 saturated carbocycles. The fourth-order valence-electron chi connectivity index (χ4n) is 3.11. The molecule has 0 radical (unpaired) electrons. The summed E-state index contributed by atoms with van der Waals surface area (Å²) in [6, 6.07) is 21.2. The normalized spacial score (nSPS) is 10.6. The number of aryl methyl sites for hydroxylation is 1. The van der Waals surface area contributed by atoms with Crippen molar-refractivity contribution >= 4 is 5.91 Å². The number of rotatable bonds is 6. The molecule has 4 rings (SSSR count). The molecule has 0 saturated heterocycles. The number of amides is 1. The van der Waals surface area contributed by atoms with Crippen molar-refractivity contribution in [2.24, 2.45) is 0 Å². The Morgan fingerprint density at radius 3 is 2.50 bits per heavy atom. The first-order chi connectivity index (χ1) is 14.6. The lowest BCUT2D eigenvalue weighted by molar-refractivity contribution is 0.0945. The Morgan fingerprint density at radius 2 is 1.83 bits per heavy atom. The molecule has 150 valence electrons. The van der Waals surface area contributed by atoms with Crippen molar-refractivity contribution in [1.29, 1.82) is 0 Å². The third kappa shape index (κ3) is 4.22. The van der Waals surface area contributed by atoms with Crippen LogP contribution in [0.4, 0.5) is 0 Å². The first-order valence-electron chi connectivity index (χ1n) is 9.62. The van der Waals surface area contributed by atoms with Crippen LogP contribution in [0.25, 0.3) is 16.9 Å². The topological polar surface area (TPSA) is 69.0 Å². The first-order valence-corrected chi connectivity index (χ1v) is 9.62. The van der Waals surface area contributed by atoms with Crippen LogP contribution in [0.2, 0.25) is 0 Å². The molecule has 0 aliphatic carbocycles. The largest absolute Gasteiger partial charge is 0.497 e. The quantitative estimate of drug-likeness (QED) is 0.529. The van der Waals surface area contributed by atoms with Crippen molar-refractivity contribution < 1.29 is 9.53 Å². The van der Waals surface area contributed by atoms with Gasteiger partial charge in [0.2, 0.25) is 0 Å². The van der Waals surface area contributed by atoms with E-state index in [4.69, 9.17) is 4.74 Å². The highest BCUT2D eigenvalue weighted by atomic mass is 16.5. The van der Waals surface area contributed by atoms with E-state index in [2.05, 4.69) is 15.4 Å².